The Labute approximate surface area is 108 Å². The predicted molar refractivity (Wildman–Crippen MR) is 73.7 cm³/mol. The van der Waals surface area contributed by atoms with Gasteiger partial charge in [0.1, 0.15) is 16.9 Å². The molecule has 0 fully saturated rings. The van der Waals surface area contributed by atoms with Gasteiger partial charge in [0, 0.05) is 11.9 Å². The van der Waals surface area contributed by atoms with Gasteiger partial charge in [0.05, 0.1) is 0 Å². The van der Waals surface area contributed by atoms with E-state index in [1.54, 1.807) is 6.92 Å². The van der Waals surface area contributed by atoms with Crippen LogP contribution in [0.2, 0.25) is 0 Å². The molecule has 0 radical (unpaired) electrons. The molecular formula is C15H21NO2. The summed E-state index contributed by atoms with van der Waals surface area (Å²) in [5.74, 6) is 0.617. The number of aryl methyl sites for hydroxylation is 1. The number of fused-ring (bicyclic) bond motifs is 1. The third-order valence-electron chi connectivity index (χ3n) is 3.10. The van der Waals surface area contributed by atoms with E-state index in [1.807, 2.05) is 25.1 Å². The molecule has 0 saturated heterocycles. The van der Waals surface area contributed by atoms with E-state index in [2.05, 4.69) is 18.3 Å². The number of hydrogen-bond donors (Lipinski definition) is 2. The van der Waals surface area contributed by atoms with Gasteiger partial charge in [0.15, 0.2) is 0 Å². The Hall–Kier alpha value is -1.32. The largest absolute Gasteiger partial charge is 0.458 e. The quantitative estimate of drug-likeness (QED) is 0.798. The van der Waals surface area contributed by atoms with Crippen molar-refractivity contribution in [1.82, 2.24) is 5.32 Å². The highest BCUT2D eigenvalue weighted by Gasteiger charge is 2.26. The monoisotopic (exact) mass is 247 g/mol. The first-order chi connectivity index (χ1) is 8.53. The van der Waals surface area contributed by atoms with Crippen molar-refractivity contribution in [2.24, 2.45) is 0 Å². The van der Waals surface area contributed by atoms with Crippen molar-refractivity contribution in [2.75, 3.05) is 13.1 Å². The molecule has 0 aliphatic heterocycles. The van der Waals surface area contributed by atoms with Crippen LogP contribution in [-0.2, 0) is 5.60 Å². The van der Waals surface area contributed by atoms with Crippen LogP contribution in [0.4, 0.5) is 0 Å². The van der Waals surface area contributed by atoms with Crippen LogP contribution in [0, 0.1) is 6.92 Å². The lowest BCUT2D eigenvalue weighted by Gasteiger charge is -2.20. The summed E-state index contributed by atoms with van der Waals surface area (Å²) < 4.78 is 5.73. The molecule has 3 heteroatoms. The maximum absolute atomic E-state index is 10.4. The molecule has 2 rings (SSSR count). The highest BCUT2D eigenvalue weighted by molar-refractivity contribution is 5.78. The second-order valence-electron chi connectivity index (χ2n) is 5.10. The number of nitrogens with one attached hydrogen (secondary N) is 1. The van der Waals surface area contributed by atoms with Gasteiger partial charge in [0.25, 0.3) is 0 Å². The topological polar surface area (TPSA) is 45.4 Å². The molecule has 1 aromatic heterocycles. The van der Waals surface area contributed by atoms with Gasteiger partial charge in [-0.05, 0) is 45.0 Å². The van der Waals surface area contributed by atoms with Crippen molar-refractivity contribution in [2.45, 2.75) is 32.8 Å². The molecule has 0 amide bonds. The van der Waals surface area contributed by atoms with Gasteiger partial charge in [-0.3, -0.25) is 0 Å². The normalized spacial score (nSPS) is 14.9. The second kappa shape index (κ2) is 5.12. The lowest BCUT2D eigenvalue weighted by atomic mass is 10.0. The van der Waals surface area contributed by atoms with Crippen LogP contribution in [-0.4, -0.2) is 18.2 Å². The van der Waals surface area contributed by atoms with Crippen LogP contribution in [0.15, 0.2) is 28.7 Å². The number of hydrogen-bond acceptors (Lipinski definition) is 3. The Kier molecular flexibility index (Phi) is 3.73. The molecule has 1 atom stereocenters. The minimum Gasteiger partial charge on any atom is -0.458 e. The van der Waals surface area contributed by atoms with Gasteiger partial charge in [-0.1, -0.05) is 18.6 Å². The molecular weight excluding hydrogens is 226 g/mol. The maximum atomic E-state index is 10.4. The van der Waals surface area contributed by atoms with Crippen LogP contribution < -0.4 is 5.32 Å². The van der Waals surface area contributed by atoms with Crippen molar-refractivity contribution in [1.29, 1.82) is 0 Å². The maximum Gasteiger partial charge on any atom is 0.137 e. The molecule has 1 aromatic carbocycles. The highest BCUT2D eigenvalue weighted by Crippen LogP contribution is 2.28. The van der Waals surface area contributed by atoms with Crippen molar-refractivity contribution in [3.05, 3.63) is 35.6 Å². The highest BCUT2D eigenvalue weighted by atomic mass is 16.4. The van der Waals surface area contributed by atoms with Crippen molar-refractivity contribution < 1.29 is 9.52 Å². The summed E-state index contributed by atoms with van der Waals surface area (Å²) in [6.07, 6.45) is 1.05. The molecule has 1 unspecified atom stereocenters. The molecule has 0 saturated carbocycles. The summed E-state index contributed by atoms with van der Waals surface area (Å²) >= 11 is 0. The van der Waals surface area contributed by atoms with E-state index in [0.717, 1.165) is 23.9 Å². The van der Waals surface area contributed by atoms with E-state index in [9.17, 15) is 5.11 Å². The Morgan fingerprint density at radius 3 is 2.83 bits per heavy atom. The fourth-order valence-corrected chi connectivity index (χ4v) is 2.02. The van der Waals surface area contributed by atoms with Crippen LogP contribution in [0.1, 0.15) is 31.6 Å². The first-order valence-electron chi connectivity index (χ1n) is 6.47. The molecule has 0 aliphatic carbocycles. The second-order valence-corrected chi connectivity index (χ2v) is 5.10. The fourth-order valence-electron chi connectivity index (χ4n) is 2.02. The van der Waals surface area contributed by atoms with Gasteiger partial charge in [-0.25, -0.2) is 0 Å². The number of furan rings is 1. The molecule has 2 aromatic rings. The molecule has 0 spiro atoms. The third kappa shape index (κ3) is 2.74. The SMILES string of the molecule is CCCNCC(C)(O)c1cc2cc(C)ccc2o1. The van der Waals surface area contributed by atoms with Gasteiger partial charge in [-0.2, -0.15) is 0 Å². The van der Waals surface area contributed by atoms with E-state index in [1.165, 1.54) is 5.56 Å². The summed E-state index contributed by atoms with van der Waals surface area (Å²) in [4.78, 5) is 0. The summed E-state index contributed by atoms with van der Waals surface area (Å²) in [7, 11) is 0. The van der Waals surface area contributed by atoms with Crippen LogP contribution in [0.25, 0.3) is 11.0 Å². The minimum absolute atomic E-state index is 0.500. The van der Waals surface area contributed by atoms with Crippen molar-refractivity contribution >= 4 is 11.0 Å². The van der Waals surface area contributed by atoms with E-state index in [0.29, 0.717) is 12.3 Å². The summed E-state index contributed by atoms with van der Waals surface area (Å²) in [5.41, 5.74) is 1.05. The minimum atomic E-state index is -0.970. The van der Waals surface area contributed by atoms with Gasteiger partial charge in [0.2, 0.25) is 0 Å². The van der Waals surface area contributed by atoms with Crippen molar-refractivity contribution in [3.63, 3.8) is 0 Å². The van der Waals surface area contributed by atoms with E-state index < -0.39 is 5.60 Å². The van der Waals surface area contributed by atoms with E-state index in [-0.39, 0.29) is 0 Å². The zero-order valence-electron chi connectivity index (χ0n) is 11.3. The van der Waals surface area contributed by atoms with Crippen LogP contribution >= 0.6 is 0 Å². The Balaban J connectivity index is 2.24. The molecule has 18 heavy (non-hydrogen) atoms. The van der Waals surface area contributed by atoms with Crippen LogP contribution in [0.5, 0.6) is 0 Å². The Bertz CT molecular complexity index is 528. The lowest BCUT2D eigenvalue weighted by Crippen LogP contribution is -2.35. The number of rotatable bonds is 5. The summed E-state index contributed by atoms with van der Waals surface area (Å²) in [6, 6.07) is 7.96. The third-order valence-corrected chi connectivity index (χ3v) is 3.10. The standard InChI is InChI=1S/C15H21NO2/c1-4-7-16-10-15(3,17)14-9-12-8-11(2)5-6-13(12)18-14/h5-6,8-9,16-17H,4,7,10H2,1-3H3. The Morgan fingerprint density at radius 2 is 2.11 bits per heavy atom. The molecule has 3 nitrogen and oxygen atoms in total. The average Bonchev–Trinajstić information content (AvgIpc) is 2.72. The molecule has 0 bridgehead atoms. The molecule has 2 N–H and O–H groups in total. The lowest BCUT2D eigenvalue weighted by molar-refractivity contribution is 0.0361. The summed E-state index contributed by atoms with van der Waals surface area (Å²) in [5, 5.41) is 14.7. The Morgan fingerprint density at radius 1 is 1.33 bits per heavy atom. The number of aliphatic hydroxyl groups is 1. The van der Waals surface area contributed by atoms with Gasteiger partial charge >= 0.3 is 0 Å². The molecule has 98 valence electrons. The average molecular weight is 247 g/mol. The van der Waals surface area contributed by atoms with Crippen molar-refractivity contribution in [3.8, 4) is 0 Å². The smallest absolute Gasteiger partial charge is 0.137 e. The van der Waals surface area contributed by atoms with E-state index in [4.69, 9.17) is 4.42 Å². The first kappa shape index (κ1) is 13.1. The molecule has 1 heterocycles. The predicted octanol–water partition coefficient (Wildman–Crippen LogP) is 2.95. The molecule has 0 aliphatic rings. The zero-order valence-corrected chi connectivity index (χ0v) is 11.3. The van der Waals surface area contributed by atoms with Crippen LogP contribution in [0.3, 0.4) is 0 Å². The van der Waals surface area contributed by atoms with Gasteiger partial charge in [-0.15, -0.1) is 0 Å². The number of benzene rings is 1. The summed E-state index contributed by atoms with van der Waals surface area (Å²) in [6.45, 7) is 7.33. The zero-order chi connectivity index (χ0) is 13.2. The fraction of sp³-hybridized carbons (Fsp3) is 0.467. The first-order valence-corrected chi connectivity index (χ1v) is 6.47. The van der Waals surface area contributed by atoms with E-state index >= 15 is 0 Å². The van der Waals surface area contributed by atoms with Gasteiger partial charge < -0.3 is 14.8 Å².